The Hall–Kier alpha value is -0.160. The van der Waals surface area contributed by atoms with Crippen LogP contribution in [0.2, 0.25) is 0 Å². The molecule has 1 heterocycles. The first kappa shape index (κ1) is 12.8. The van der Waals surface area contributed by atoms with E-state index in [0.29, 0.717) is 52.9 Å². The molecule has 0 N–H and O–H groups in total. The van der Waals surface area contributed by atoms with Crippen LogP contribution in [0.3, 0.4) is 0 Å². The molecule has 0 amide bonds. The van der Waals surface area contributed by atoms with Crippen LogP contribution in [0.25, 0.3) is 0 Å². The fraction of sp³-hybridized carbons (Fsp3) is 0.889. The minimum Gasteiger partial charge on any atom is -0.377 e. The van der Waals surface area contributed by atoms with Gasteiger partial charge in [-0.2, -0.15) is 0 Å². The molecule has 1 aliphatic heterocycles. The van der Waals surface area contributed by atoms with Crippen LogP contribution in [0, 0.1) is 7.43 Å². The van der Waals surface area contributed by atoms with Crippen molar-refractivity contribution in [3.63, 3.8) is 0 Å². The summed E-state index contributed by atoms with van der Waals surface area (Å²) in [6.07, 6.45) is 0. The van der Waals surface area contributed by atoms with Crippen molar-refractivity contribution in [1.29, 1.82) is 0 Å². The maximum Gasteiger partial charge on any atom is 0.0701 e. The largest absolute Gasteiger partial charge is 0.377 e. The normalized spacial score (nSPS) is 22.2. The summed E-state index contributed by atoms with van der Waals surface area (Å²) in [5.41, 5.74) is 0. The predicted octanol–water partition coefficient (Wildman–Crippen LogP) is 0.517. The Kier molecular flexibility index (Phi) is 9.80. The van der Waals surface area contributed by atoms with Crippen molar-refractivity contribution < 1.29 is 18.9 Å². The summed E-state index contributed by atoms with van der Waals surface area (Å²) in [7, 11) is 0. The number of hydrogen-bond acceptors (Lipinski definition) is 4. The average Bonchev–Trinajstić information content (AvgIpc) is 2.05. The average molecular weight is 191 g/mol. The maximum absolute atomic E-state index is 5.22. The number of rotatable bonds is 0. The summed E-state index contributed by atoms with van der Waals surface area (Å²) in [6.45, 7) is 5.14. The first-order valence-electron chi connectivity index (χ1n) is 4.31. The zero-order valence-corrected chi connectivity index (χ0v) is 8.29. The van der Waals surface area contributed by atoms with E-state index >= 15 is 0 Å². The summed E-state index contributed by atoms with van der Waals surface area (Å²) in [5.74, 6) is 0. The summed E-state index contributed by atoms with van der Waals surface area (Å²) in [6, 6.07) is 0. The van der Waals surface area contributed by atoms with Crippen molar-refractivity contribution in [1.82, 2.24) is 0 Å². The lowest BCUT2D eigenvalue weighted by atomic mass is 10.6. The van der Waals surface area contributed by atoms with Crippen LogP contribution in [0.4, 0.5) is 0 Å². The SMILES string of the molecule is C1COCCOCCOCCO1.[CH3-]. The highest BCUT2D eigenvalue weighted by molar-refractivity contribution is 4.37. The van der Waals surface area contributed by atoms with Crippen molar-refractivity contribution in [2.45, 2.75) is 0 Å². The van der Waals surface area contributed by atoms with E-state index in [2.05, 4.69) is 0 Å². The molecule has 0 aliphatic carbocycles. The number of ether oxygens (including phenoxy) is 4. The lowest BCUT2D eigenvalue weighted by Crippen LogP contribution is -2.16. The van der Waals surface area contributed by atoms with Crippen LogP contribution in [-0.2, 0) is 18.9 Å². The predicted molar refractivity (Wildman–Crippen MR) is 49.7 cm³/mol. The highest BCUT2D eigenvalue weighted by Gasteiger charge is 1.94. The van der Waals surface area contributed by atoms with Crippen LogP contribution in [0.5, 0.6) is 0 Å². The van der Waals surface area contributed by atoms with Crippen molar-refractivity contribution in [3.05, 3.63) is 7.43 Å². The minimum atomic E-state index is 0. The molecule has 13 heavy (non-hydrogen) atoms. The van der Waals surface area contributed by atoms with E-state index in [4.69, 9.17) is 18.9 Å². The molecule has 80 valence electrons. The second kappa shape index (κ2) is 9.92. The molecule has 0 spiro atoms. The minimum absolute atomic E-state index is 0. The molecule has 1 fully saturated rings. The van der Waals surface area contributed by atoms with Crippen LogP contribution >= 0.6 is 0 Å². The van der Waals surface area contributed by atoms with Gasteiger partial charge in [-0.3, -0.25) is 0 Å². The lowest BCUT2D eigenvalue weighted by Gasteiger charge is -2.09. The van der Waals surface area contributed by atoms with Gasteiger partial charge in [0.1, 0.15) is 0 Å². The van der Waals surface area contributed by atoms with Gasteiger partial charge in [0.05, 0.1) is 52.9 Å². The monoisotopic (exact) mass is 191 g/mol. The molecule has 1 saturated heterocycles. The summed E-state index contributed by atoms with van der Waals surface area (Å²) in [4.78, 5) is 0. The summed E-state index contributed by atoms with van der Waals surface area (Å²) in [5, 5.41) is 0. The molecule has 4 nitrogen and oxygen atoms in total. The van der Waals surface area contributed by atoms with Crippen molar-refractivity contribution in [2.75, 3.05) is 52.9 Å². The van der Waals surface area contributed by atoms with Crippen molar-refractivity contribution in [3.8, 4) is 0 Å². The van der Waals surface area contributed by atoms with Crippen LogP contribution in [-0.4, -0.2) is 52.9 Å². The van der Waals surface area contributed by atoms with Gasteiger partial charge in [0.2, 0.25) is 0 Å². The van der Waals surface area contributed by atoms with E-state index in [1.165, 1.54) is 0 Å². The van der Waals surface area contributed by atoms with Gasteiger partial charge in [-0.15, -0.1) is 0 Å². The molecule has 0 unspecified atom stereocenters. The maximum atomic E-state index is 5.22. The standard InChI is InChI=1S/C8H16O4.CH3/c1-2-10-5-6-12-8-7-11-4-3-9-1;/h1-8H2;1H3/q;-1. The van der Waals surface area contributed by atoms with Gasteiger partial charge in [-0.25, -0.2) is 0 Å². The fourth-order valence-corrected chi connectivity index (χ4v) is 0.880. The van der Waals surface area contributed by atoms with Crippen LogP contribution in [0.1, 0.15) is 0 Å². The second-order valence-electron chi connectivity index (χ2n) is 2.45. The van der Waals surface area contributed by atoms with E-state index in [1.54, 1.807) is 0 Å². The molecule has 0 aromatic heterocycles. The zero-order chi connectivity index (χ0) is 8.49. The number of hydrogen-bond donors (Lipinski definition) is 0. The molecular weight excluding hydrogens is 172 g/mol. The second-order valence-corrected chi connectivity index (χ2v) is 2.45. The van der Waals surface area contributed by atoms with Gasteiger partial charge in [0, 0.05) is 0 Å². The third-order valence-corrected chi connectivity index (χ3v) is 1.49. The summed E-state index contributed by atoms with van der Waals surface area (Å²) < 4.78 is 20.9. The molecule has 0 aromatic rings. The molecule has 4 heteroatoms. The van der Waals surface area contributed by atoms with E-state index < -0.39 is 0 Å². The molecule has 0 atom stereocenters. The molecular formula is C9H19O4-. The Bertz CT molecular complexity index is 54.6. The zero-order valence-electron chi connectivity index (χ0n) is 8.29. The van der Waals surface area contributed by atoms with Crippen molar-refractivity contribution in [2.24, 2.45) is 0 Å². The highest BCUT2D eigenvalue weighted by atomic mass is 16.6. The van der Waals surface area contributed by atoms with Gasteiger partial charge in [0.25, 0.3) is 0 Å². The Morgan fingerprint density at radius 2 is 0.538 bits per heavy atom. The Labute approximate surface area is 80.1 Å². The first-order chi connectivity index (χ1) is 6.00. The molecule has 0 radical (unpaired) electrons. The van der Waals surface area contributed by atoms with E-state index in [9.17, 15) is 0 Å². The van der Waals surface area contributed by atoms with E-state index in [0.717, 1.165) is 0 Å². The lowest BCUT2D eigenvalue weighted by molar-refractivity contribution is -0.0334. The van der Waals surface area contributed by atoms with Crippen molar-refractivity contribution >= 4 is 0 Å². The topological polar surface area (TPSA) is 36.9 Å². The van der Waals surface area contributed by atoms with Gasteiger partial charge in [-0.1, -0.05) is 0 Å². The van der Waals surface area contributed by atoms with Gasteiger partial charge < -0.3 is 26.4 Å². The van der Waals surface area contributed by atoms with E-state index in [1.807, 2.05) is 0 Å². The third-order valence-electron chi connectivity index (χ3n) is 1.49. The molecule has 0 aromatic carbocycles. The fourth-order valence-electron chi connectivity index (χ4n) is 0.880. The smallest absolute Gasteiger partial charge is 0.0701 e. The molecule has 0 bridgehead atoms. The Balaban J connectivity index is 0.00000144. The van der Waals surface area contributed by atoms with Gasteiger partial charge in [0.15, 0.2) is 0 Å². The van der Waals surface area contributed by atoms with Crippen LogP contribution in [0.15, 0.2) is 0 Å². The van der Waals surface area contributed by atoms with Crippen LogP contribution < -0.4 is 0 Å². The molecule has 1 rings (SSSR count). The Morgan fingerprint density at radius 1 is 0.385 bits per heavy atom. The quantitative estimate of drug-likeness (QED) is 0.523. The molecule has 1 aliphatic rings. The Morgan fingerprint density at radius 3 is 0.692 bits per heavy atom. The molecule has 0 saturated carbocycles. The highest BCUT2D eigenvalue weighted by Crippen LogP contribution is 1.85. The summed E-state index contributed by atoms with van der Waals surface area (Å²) >= 11 is 0. The van der Waals surface area contributed by atoms with Gasteiger partial charge in [-0.05, 0) is 0 Å². The van der Waals surface area contributed by atoms with E-state index in [-0.39, 0.29) is 7.43 Å². The van der Waals surface area contributed by atoms with Gasteiger partial charge >= 0.3 is 0 Å². The third kappa shape index (κ3) is 8.18. The first-order valence-corrected chi connectivity index (χ1v) is 4.31.